The molecule has 1 amide bonds. The molecule has 0 saturated carbocycles. The van der Waals surface area contributed by atoms with Crippen LogP contribution in [-0.4, -0.2) is 48.5 Å². The van der Waals surface area contributed by atoms with Gasteiger partial charge in [0.15, 0.2) is 5.78 Å². The number of methoxy groups -OCH3 is 2. The number of hydrogen-bond acceptors (Lipinski definition) is 7. The number of amides is 1. The molecule has 4 N–H and O–H groups in total. The molecule has 2 aromatic carbocycles. The van der Waals surface area contributed by atoms with Gasteiger partial charge in [-0.1, -0.05) is 19.1 Å². The quantitative estimate of drug-likeness (QED) is 0.483. The molecule has 9 heteroatoms. The van der Waals surface area contributed by atoms with Crippen LogP contribution < -0.4 is 25.4 Å². The van der Waals surface area contributed by atoms with Gasteiger partial charge in [0.25, 0.3) is 0 Å². The number of rotatable bonds is 8. The van der Waals surface area contributed by atoms with E-state index in [0.717, 1.165) is 11.0 Å². The summed E-state index contributed by atoms with van der Waals surface area (Å²) in [6.45, 7) is 2.12. The van der Waals surface area contributed by atoms with Crippen LogP contribution in [-0.2, 0) is 9.59 Å². The molecular weight excluding hydrogens is 422 g/mol. The summed E-state index contributed by atoms with van der Waals surface area (Å²) in [7, 11) is 3.12. The molecular formula is C24H27N5O4. The zero-order chi connectivity index (χ0) is 23.5. The number of nitrogens with zero attached hydrogens (tertiary/aromatic N) is 2. The predicted octanol–water partition coefficient (Wildman–Crippen LogP) is 2.58. The second-order valence-electron chi connectivity index (χ2n) is 7.68. The molecule has 172 valence electrons. The first-order valence-electron chi connectivity index (χ1n) is 10.7. The Morgan fingerprint density at radius 2 is 1.88 bits per heavy atom. The Morgan fingerprint density at radius 1 is 1.18 bits per heavy atom. The maximum atomic E-state index is 13.6. The van der Waals surface area contributed by atoms with Gasteiger partial charge in [0.1, 0.15) is 34.8 Å². The number of para-hydroxylation sites is 2. The van der Waals surface area contributed by atoms with E-state index in [2.05, 4.69) is 15.3 Å². The summed E-state index contributed by atoms with van der Waals surface area (Å²) in [6, 6.07) is 12.3. The molecule has 4 rings (SSSR count). The summed E-state index contributed by atoms with van der Waals surface area (Å²) in [5.41, 5.74) is 9.11. The SMILES string of the molecule is CCC(=O)NCCC1C(=O)C(c2nc3ccccc3[nH]2)=C(N)N1c1cc(OC)cc(OC)c1. The molecule has 0 spiro atoms. The van der Waals surface area contributed by atoms with E-state index in [1.165, 1.54) is 0 Å². The molecule has 2 heterocycles. The molecule has 0 saturated heterocycles. The third kappa shape index (κ3) is 4.21. The van der Waals surface area contributed by atoms with Crippen LogP contribution in [0.4, 0.5) is 5.69 Å². The summed E-state index contributed by atoms with van der Waals surface area (Å²) in [5.74, 6) is 1.59. The van der Waals surface area contributed by atoms with Crippen molar-refractivity contribution >= 4 is 34.0 Å². The van der Waals surface area contributed by atoms with Gasteiger partial charge in [-0.2, -0.15) is 0 Å². The number of ketones is 1. The number of anilines is 1. The van der Waals surface area contributed by atoms with Gasteiger partial charge in [-0.05, 0) is 18.6 Å². The van der Waals surface area contributed by atoms with Crippen molar-refractivity contribution in [2.45, 2.75) is 25.8 Å². The molecule has 0 bridgehead atoms. The maximum absolute atomic E-state index is 13.6. The number of carbonyl (C=O) groups is 2. The molecule has 1 atom stereocenters. The minimum absolute atomic E-state index is 0.0755. The lowest BCUT2D eigenvalue weighted by atomic mass is 10.0. The largest absolute Gasteiger partial charge is 0.497 e. The van der Waals surface area contributed by atoms with Crippen LogP contribution in [0.3, 0.4) is 0 Å². The maximum Gasteiger partial charge on any atom is 0.219 e. The highest BCUT2D eigenvalue weighted by atomic mass is 16.5. The van der Waals surface area contributed by atoms with Gasteiger partial charge in [0, 0.05) is 31.2 Å². The zero-order valence-corrected chi connectivity index (χ0v) is 18.8. The smallest absolute Gasteiger partial charge is 0.219 e. The Morgan fingerprint density at radius 3 is 2.52 bits per heavy atom. The van der Waals surface area contributed by atoms with E-state index in [9.17, 15) is 9.59 Å². The third-order valence-electron chi connectivity index (χ3n) is 5.68. The van der Waals surface area contributed by atoms with Gasteiger partial charge in [-0.25, -0.2) is 4.98 Å². The van der Waals surface area contributed by atoms with Crippen molar-refractivity contribution in [2.75, 3.05) is 25.7 Å². The highest BCUT2D eigenvalue weighted by molar-refractivity contribution is 6.27. The number of carbonyl (C=O) groups excluding carboxylic acids is 2. The number of benzene rings is 2. The third-order valence-corrected chi connectivity index (χ3v) is 5.68. The summed E-state index contributed by atoms with van der Waals surface area (Å²) in [5, 5.41) is 2.84. The summed E-state index contributed by atoms with van der Waals surface area (Å²) >= 11 is 0. The lowest BCUT2D eigenvalue weighted by Crippen LogP contribution is -2.39. The zero-order valence-electron chi connectivity index (χ0n) is 18.8. The number of imidazole rings is 1. The molecule has 0 fully saturated rings. The van der Waals surface area contributed by atoms with Crippen molar-refractivity contribution in [3.8, 4) is 11.5 Å². The minimum atomic E-state index is -0.623. The molecule has 1 aliphatic rings. The molecule has 1 unspecified atom stereocenters. The number of fused-ring (bicyclic) bond motifs is 1. The van der Waals surface area contributed by atoms with Gasteiger partial charge in [0.2, 0.25) is 5.91 Å². The monoisotopic (exact) mass is 449 g/mol. The van der Waals surface area contributed by atoms with E-state index in [1.807, 2.05) is 24.3 Å². The Balaban J connectivity index is 1.78. The topological polar surface area (TPSA) is 123 Å². The van der Waals surface area contributed by atoms with Crippen molar-refractivity contribution in [3.05, 3.63) is 54.1 Å². The number of nitrogens with one attached hydrogen (secondary N) is 2. The minimum Gasteiger partial charge on any atom is -0.497 e. The number of hydrogen-bond donors (Lipinski definition) is 3. The first-order valence-corrected chi connectivity index (χ1v) is 10.7. The Bertz CT molecular complexity index is 1180. The van der Waals surface area contributed by atoms with Crippen molar-refractivity contribution in [1.29, 1.82) is 0 Å². The number of Topliss-reactive ketones (excluding diaryl/α,β-unsaturated/α-hetero) is 1. The average Bonchev–Trinajstić information content (AvgIpc) is 3.36. The molecule has 33 heavy (non-hydrogen) atoms. The fourth-order valence-electron chi connectivity index (χ4n) is 3.99. The van der Waals surface area contributed by atoms with E-state index in [4.69, 9.17) is 15.2 Å². The van der Waals surface area contributed by atoms with Crippen molar-refractivity contribution in [1.82, 2.24) is 15.3 Å². The molecule has 0 aliphatic carbocycles. The van der Waals surface area contributed by atoms with Crippen molar-refractivity contribution < 1.29 is 19.1 Å². The summed E-state index contributed by atoms with van der Waals surface area (Å²) in [4.78, 5) is 34.9. The second kappa shape index (κ2) is 9.23. The fraction of sp³-hybridized carbons (Fsp3) is 0.292. The van der Waals surface area contributed by atoms with Crippen LogP contribution in [0.1, 0.15) is 25.6 Å². The van der Waals surface area contributed by atoms with Gasteiger partial charge < -0.3 is 30.4 Å². The molecule has 3 aromatic rings. The number of nitrogens with two attached hydrogens (primary N) is 1. The lowest BCUT2D eigenvalue weighted by molar-refractivity contribution is -0.121. The van der Waals surface area contributed by atoms with Gasteiger partial charge in [-0.3, -0.25) is 9.59 Å². The highest BCUT2D eigenvalue weighted by Gasteiger charge is 2.41. The Hall–Kier alpha value is -4.01. The van der Waals surface area contributed by atoms with Gasteiger partial charge in [0.05, 0.1) is 30.9 Å². The lowest BCUT2D eigenvalue weighted by Gasteiger charge is -2.27. The average molecular weight is 450 g/mol. The van der Waals surface area contributed by atoms with E-state index < -0.39 is 6.04 Å². The van der Waals surface area contributed by atoms with Crippen molar-refractivity contribution in [2.24, 2.45) is 5.73 Å². The van der Waals surface area contributed by atoms with Crippen LogP contribution in [0.2, 0.25) is 0 Å². The van der Waals surface area contributed by atoms with Crippen LogP contribution >= 0.6 is 0 Å². The van der Waals surface area contributed by atoms with Gasteiger partial charge in [-0.15, -0.1) is 0 Å². The predicted molar refractivity (Wildman–Crippen MR) is 126 cm³/mol. The molecule has 0 radical (unpaired) electrons. The summed E-state index contributed by atoms with van der Waals surface area (Å²) in [6.07, 6.45) is 0.745. The first kappa shape index (κ1) is 22.2. The van der Waals surface area contributed by atoms with Gasteiger partial charge >= 0.3 is 0 Å². The van der Waals surface area contributed by atoms with E-state index in [0.29, 0.717) is 48.0 Å². The normalized spacial score (nSPS) is 15.9. The summed E-state index contributed by atoms with van der Waals surface area (Å²) < 4.78 is 10.8. The van der Waals surface area contributed by atoms with Crippen LogP contribution in [0.15, 0.2) is 48.3 Å². The Kier molecular flexibility index (Phi) is 6.21. The van der Waals surface area contributed by atoms with E-state index in [1.54, 1.807) is 44.2 Å². The van der Waals surface area contributed by atoms with Crippen LogP contribution in [0, 0.1) is 0 Å². The van der Waals surface area contributed by atoms with Crippen LogP contribution in [0.5, 0.6) is 11.5 Å². The molecule has 1 aliphatic heterocycles. The van der Waals surface area contributed by atoms with E-state index >= 15 is 0 Å². The molecule has 1 aromatic heterocycles. The molecule has 9 nitrogen and oxygen atoms in total. The highest BCUT2D eigenvalue weighted by Crippen LogP contribution is 2.38. The van der Waals surface area contributed by atoms with Crippen LogP contribution in [0.25, 0.3) is 16.6 Å². The fourth-order valence-corrected chi connectivity index (χ4v) is 3.99. The Labute approximate surface area is 191 Å². The standard InChI is InChI=1S/C24H27N5O4/c1-4-20(30)26-10-9-19-22(31)21(24-27-17-7-5-6-8-18(17)28-24)23(25)29(19)14-11-15(32-2)13-16(12-14)33-3/h5-8,11-13,19H,4,9-10,25H2,1-3H3,(H,26,30)(H,27,28). The number of aromatic amines is 1. The van der Waals surface area contributed by atoms with Crippen molar-refractivity contribution in [3.63, 3.8) is 0 Å². The number of aromatic nitrogens is 2. The number of ether oxygens (including phenoxy) is 2. The second-order valence-corrected chi connectivity index (χ2v) is 7.68. The van der Waals surface area contributed by atoms with E-state index in [-0.39, 0.29) is 17.5 Å². The number of H-pyrrole nitrogens is 1. The first-order chi connectivity index (χ1) is 16.0.